The van der Waals surface area contributed by atoms with E-state index in [0.29, 0.717) is 0 Å². The van der Waals surface area contributed by atoms with E-state index >= 15 is 0 Å². The predicted octanol–water partition coefficient (Wildman–Crippen LogP) is 1.28. The summed E-state index contributed by atoms with van der Waals surface area (Å²) in [7, 11) is 0. The van der Waals surface area contributed by atoms with Crippen molar-refractivity contribution in [2.75, 3.05) is 13.1 Å². The highest BCUT2D eigenvalue weighted by molar-refractivity contribution is 5.05. The second-order valence-corrected chi connectivity index (χ2v) is 3.56. The fraction of sp³-hybridized carbons (Fsp3) is 0.700. The van der Waals surface area contributed by atoms with E-state index in [2.05, 4.69) is 34.5 Å². The molecule has 0 amide bonds. The summed E-state index contributed by atoms with van der Waals surface area (Å²) in [6.45, 7) is 8.80. The maximum absolute atomic E-state index is 4.59. The van der Waals surface area contributed by atoms with Crippen LogP contribution < -0.4 is 0 Å². The molecule has 3 nitrogen and oxygen atoms in total. The first-order valence-electron chi connectivity index (χ1n) is 5.10. The number of likely N-dealkylation sites (N-methyl/N-ethyl adjacent to an activating group) is 1. The van der Waals surface area contributed by atoms with Crippen LogP contribution in [-0.4, -0.2) is 27.5 Å². The summed E-state index contributed by atoms with van der Waals surface area (Å²) in [6, 6.07) is 0. The van der Waals surface area contributed by atoms with E-state index in [0.717, 1.165) is 26.1 Å². The van der Waals surface area contributed by atoms with Crippen molar-refractivity contribution in [3.63, 3.8) is 0 Å². The van der Waals surface area contributed by atoms with Crippen molar-refractivity contribution < 1.29 is 0 Å². The Morgan fingerprint density at radius 3 is 2.92 bits per heavy atom. The van der Waals surface area contributed by atoms with Gasteiger partial charge in [0.05, 0.1) is 12.2 Å². The molecule has 0 unspecified atom stereocenters. The third kappa shape index (κ3) is 1.61. The molecule has 0 saturated heterocycles. The van der Waals surface area contributed by atoms with Crippen molar-refractivity contribution in [3.05, 3.63) is 17.7 Å². The smallest absolute Gasteiger partial charge is 0.123 e. The van der Waals surface area contributed by atoms with E-state index < -0.39 is 0 Å². The quantitative estimate of drug-likeness (QED) is 0.682. The summed E-state index contributed by atoms with van der Waals surface area (Å²) < 4.78 is 2.30. The molecule has 0 aromatic carbocycles. The standard InChI is InChI=1S/C10H17N3/c1-3-9-7-13-6-5-12(4-2)8-10(13)11-9/h7H,3-6,8H2,1-2H3. The molecule has 0 saturated carbocycles. The fourth-order valence-corrected chi connectivity index (χ4v) is 1.80. The number of hydrogen-bond acceptors (Lipinski definition) is 2. The number of fused-ring (bicyclic) bond motifs is 1. The zero-order chi connectivity index (χ0) is 9.26. The van der Waals surface area contributed by atoms with Gasteiger partial charge < -0.3 is 4.57 Å². The lowest BCUT2D eigenvalue weighted by Crippen LogP contribution is -2.33. The highest BCUT2D eigenvalue weighted by atomic mass is 15.2. The molecule has 0 atom stereocenters. The molecule has 1 aromatic heterocycles. The molecule has 1 aromatic rings. The summed E-state index contributed by atoms with van der Waals surface area (Å²) in [5, 5.41) is 0. The Balaban J connectivity index is 2.19. The van der Waals surface area contributed by atoms with E-state index in [-0.39, 0.29) is 0 Å². The van der Waals surface area contributed by atoms with Crippen LogP contribution in [0.2, 0.25) is 0 Å². The van der Waals surface area contributed by atoms with Crippen LogP contribution in [0.25, 0.3) is 0 Å². The number of aromatic nitrogens is 2. The summed E-state index contributed by atoms with van der Waals surface area (Å²) in [6.07, 6.45) is 3.24. The third-order valence-corrected chi connectivity index (χ3v) is 2.74. The van der Waals surface area contributed by atoms with Crippen LogP contribution in [0.5, 0.6) is 0 Å². The van der Waals surface area contributed by atoms with Crippen molar-refractivity contribution in [1.82, 2.24) is 14.5 Å². The zero-order valence-corrected chi connectivity index (χ0v) is 8.45. The highest BCUT2D eigenvalue weighted by Gasteiger charge is 2.16. The Morgan fingerprint density at radius 1 is 1.38 bits per heavy atom. The van der Waals surface area contributed by atoms with E-state index in [1.807, 2.05) is 0 Å². The van der Waals surface area contributed by atoms with Gasteiger partial charge in [0.25, 0.3) is 0 Å². The summed E-state index contributed by atoms with van der Waals surface area (Å²) in [5.41, 5.74) is 1.23. The van der Waals surface area contributed by atoms with Gasteiger partial charge in [0.2, 0.25) is 0 Å². The largest absolute Gasteiger partial charge is 0.332 e. The molecule has 0 spiro atoms. The van der Waals surface area contributed by atoms with Gasteiger partial charge in [-0.05, 0) is 13.0 Å². The molecule has 3 heteroatoms. The van der Waals surface area contributed by atoms with Crippen LogP contribution in [0, 0.1) is 0 Å². The van der Waals surface area contributed by atoms with E-state index in [1.165, 1.54) is 18.1 Å². The van der Waals surface area contributed by atoms with Gasteiger partial charge >= 0.3 is 0 Å². The van der Waals surface area contributed by atoms with Crippen LogP contribution in [0.4, 0.5) is 0 Å². The molecule has 0 fully saturated rings. The molecule has 0 radical (unpaired) electrons. The Morgan fingerprint density at radius 2 is 2.23 bits per heavy atom. The zero-order valence-electron chi connectivity index (χ0n) is 8.45. The first-order chi connectivity index (χ1) is 6.33. The molecule has 13 heavy (non-hydrogen) atoms. The van der Waals surface area contributed by atoms with Gasteiger partial charge in [-0.1, -0.05) is 13.8 Å². The molecule has 1 aliphatic rings. The van der Waals surface area contributed by atoms with Crippen LogP contribution >= 0.6 is 0 Å². The van der Waals surface area contributed by atoms with Gasteiger partial charge in [-0.3, -0.25) is 4.90 Å². The average molecular weight is 179 g/mol. The highest BCUT2D eigenvalue weighted by Crippen LogP contribution is 2.12. The molecule has 0 bridgehead atoms. The number of nitrogens with zero attached hydrogens (tertiary/aromatic N) is 3. The summed E-state index contributed by atoms with van der Waals surface area (Å²) >= 11 is 0. The first kappa shape index (κ1) is 8.75. The minimum absolute atomic E-state index is 1.02. The molecule has 0 aliphatic carbocycles. The molecule has 2 rings (SSSR count). The van der Waals surface area contributed by atoms with E-state index in [4.69, 9.17) is 0 Å². The van der Waals surface area contributed by atoms with Crippen LogP contribution in [0.3, 0.4) is 0 Å². The molecular weight excluding hydrogens is 162 g/mol. The second-order valence-electron chi connectivity index (χ2n) is 3.56. The lowest BCUT2D eigenvalue weighted by atomic mass is 10.3. The Kier molecular flexibility index (Phi) is 2.36. The number of aryl methyl sites for hydroxylation is 1. The molecule has 0 N–H and O–H groups in total. The van der Waals surface area contributed by atoms with Gasteiger partial charge in [-0.2, -0.15) is 0 Å². The topological polar surface area (TPSA) is 21.1 Å². The maximum Gasteiger partial charge on any atom is 0.123 e. The van der Waals surface area contributed by atoms with Gasteiger partial charge in [-0.25, -0.2) is 4.98 Å². The van der Waals surface area contributed by atoms with Gasteiger partial charge in [-0.15, -0.1) is 0 Å². The van der Waals surface area contributed by atoms with Crippen molar-refractivity contribution >= 4 is 0 Å². The SMILES string of the molecule is CCc1cn2c(n1)CN(CC)CC2. The van der Waals surface area contributed by atoms with Crippen molar-refractivity contribution in [1.29, 1.82) is 0 Å². The second kappa shape index (κ2) is 3.50. The maximum atomic E-state index is 4.59. The first-order valence-corrected chi connectivity index (χ1v) is 5.10. The predicted molar refractivity (Wildman–Crippen MR) is 52.6 cm³/mol. The van der Waals surface area contributed by atoms with E-state index in [1.54, 1.807) is 0 Å². The molecular formula is C10H17N3. The van der Waals surface area contributed by atoms with Gasteiger partial charge in [0.15, 0.2) is 0 Å². The minimum Gasteiger partial charge on any atom is -0.332 e. The van der Waals surface area contributed by atoms with Crippen LogP contribution in [0.1, 0.15) is 25.4 Å². The minimum atomic E-state index is 1.02. The normalized spacial score (nSPS) is 17.4. The van der Waals surface area contributed by atoms with Crippen LogP contribution in [0.15, 0.2) is 6.20 Å². The van der Waals surface area contributed by atoms with Crippen molar-refractivity contribution in [2.24, 2.45) is 0 Å². The van der Waals surface area contributed by atoms with Crippen molar-refractivity contribution in [2.45, 2.75) is 33.4 Å². The average Bonchev–Trinajstić information content (AvgIpc) is 2.58. The fourth-order valence-electron chi connectivity index (χ4n) is 1.80. The molecule has 72 valence electrons. The summed E-state index contributed by atoms with van der Waals surface area (Å²) in [5.74, 6) is 1.24. The molecule has 1 aliphatic heterocycles. The third-order valence-electron chi connectivity index (χ3n) is 2.74. The summed E-state index contributed by atoms with van der Waals surface area (Å²) in [4.78, 5) is 7.02. The number of imidazole rings is 1. The number of hydrogen-bond donors (Lipinski definition) is 0. The lowest BCUT2D eigenvalue weighted by Gasteiger charge is -2.25. The Labute approximate surface area is 79.4 Å². The van der Waals surface area contributed by atoms with Gasteiger partial charge in [0, 0.05) is 19.3 Å². The van der Waals surface area contributed by atoms with Crippen LogP contribution in [-0.2, 0) is 19.5 Å². The van der Waals surface area contributed by atoms with E-state index in [9.17, 15) is 0 Å². The Bertz CT molecular complexity index is 290. The Hall–Kier alpha value is -0.830. The number of rotatable bonds is 2. The molecule has 2 heterocycles. The van der Waals surface area contributed by atoms with Crippen molar-refractivity contribution in [3.8, 4) is 0 Å². The lowest BCUT2D eigenvalue weighted by molar-refractivity contribution is 0.228. The van der Waals surface area contributed by atoms with Gasteiger partial charge in [0.1, 0.15) is 5.82 Å². The monoisotopic (exact) mass is 179 g/mol.